The van der Waals surface area contributed by atoms with Crippen molar-refractivity contribution in [2.24, 2.45) is 9.98 Å². The van der Waals surface area contributed by atoms with Gasteiger partial charge in [-0.3, -0.25) is 0 Å². The van der Waals surface area contributed by atoms with Crippen molar-refractivity contribution in [3.05, 3.63) is 199 Å². The normalized spacial score (nSPS) is 12.3. The lowest BCUT2D eigenvalue weighted by atomic mass is 10.1. The molecule has 0 saturated heterocycles. The van der Waals surface area contributed by atoms with E-state index >= 15 is 0 Å². The van der Waals surface area contributed by atoms with Crippen molar-refractivity contribution in [3.63, 3.8) is 0 Å². The smallest absolute Gasteiger partial charge is 0.160 e. The summed E-state index contributed by atoms with van der Waals surface area (Å²) in [7, 11) is 0. The van der Waals surface area contributed by atoms with Gasteiger partial charge in [-0.1, -0.05) is 152 Å². The van der Waals surface area contributed by atoms with Gasteiger partial charge in [0.25, 0.3) is 0 Å². The molecule has 2 aromatic heterocycles. The third-order valence-corrected chi connectivity index (χ3v) is 9.66. The molecule has 242 valence electrons. The van der Waals surface area contributed by atoms with Crippen LogP contribution in [0.2, 0.25) is 0 Å². The molecule has 0 radical (unpaired) electrons. The Labute approximate surface area is 296 Å². The topological polar surface area (TPSA) is 34.6 Å². The van der Waals surface area contributed by atoms with Crippen molar-refractivity contribution < 1.29 is 0 Å². The van der Waals surface area contributed by atoms with Crippen LogP contribution in [0.4, 0.5) is 0 Å². The van der Waals surface area contributed by atoms with Crippen LogP contribution >= 0.6 is 0 Å². The molecule has 0 aliphatic carbocycles. The number of hydrogen-bond donors (Lipinski definition) is 0. The molecule has 9 rings (SSSR count). The van der Waals surface area contributed by atoms with Crippen LogP contribution in [0.15, 0.2) is 192 Å². The first-order valence-electron chi connectivity index (χ1n) is 17.2. The molecule has 9 aromatic rings. The molecule has 0 N–H and O–H groups in total. The zero-order valence-corrected chi connectivity index (χ0v) is 28.2. The summed E-state index contributed by atoms with van der Waals surface area (Å²) in [6.45, 7) is 6.31. The van der Waals surface area contributed by atoms with Crippen LogP contribution in [0.1, 0.15) is 23.6 Å². The van der Waals surface area contributed by atoms with Crippen LogP contribution in [0.3, 0.4) is 0 Å². The summed E-state index contributed by atoms with van der Waals surface area (Å²) in [4.78, 5) is 10.0. The van der Waals surface area contributed by atoms with Gasteiger partial charge >= 0.3 is 0 Å². The third kappa shape index (κ3) is 5.25. The van der Waals surface area contributed by atoms with Gasteiger partial charge in [0.05, 0.1) is 27.8 Å². The van der Waals surface area contributed by atoms with Gasteiger partial charge < -0.3 is 9.13 Å². The summed E-state index contributed by atoms with van der Waals surface area (Å²) in [5.41, 5.74) is 11.5. The Bertz CT molecular complexity index is 2780. The van der Waals surface area contributed by atoms with E-state index in [1.807, 2.05) is 67.6 Å². The molecule has 2 heterocycles. The highest BCUT2D eigenvalue weighted by atomic mass is 15.1. The number of hydrogen-bond acceptors (Lipinski definition) is 1. The minimum absolute atomic E-state index is 0.629. The van der Waals surface area contributed by atoms with E-state index in [-0.39, 0.29) is 0 Å². The highest BCUT2D eigenvalue weighted by Crippen LogP contribution is 2.42. The number of rotatable bonds is 6. The van der Waals surface area contributed by atoms with Crippen LogP contribution in [-0.4, -0.2) is 20.7 Å². The SMILES string of the molecule is C=C(N=C(N=C(C)c1ccc(-n2c3c4ccccc4ccc3c3c2c2ccccc2n3-c2ccccc2)cc1)c1ccccc1)c1ccccc1. The Morgan fingerprint density at radius 3 is 1.73 bits per heavy atom. The molecule has 7 aromatic carbocycles. The average Bonchev–Trinajstić information content (AvgIpc) is 3.72. The molecule has 51 heavy (non-hydrogen) atoms. The van der Waals surface area contributed by atoms with Crippen molar-refractivity contribution >= 4 is 60.9 Å². The second-order valence-corrected chi connectivity index (χ2v) is 12.8. The monoisotopic (exact) mass is 654 g/mol. The number of para-hydroxylation sites is 2. The third-order valence-electron chi connectivity index (χ3n) is 9.66. The minimum Gasteiger partial charge on any atom is -0.307 e. The molecule has 0 bridgehead atoms. The van der Waals surface area contributed by atoms with Crippen LogP contribution in [0, 0.1) is 0 Å². The van der Waals surface area contributed by atoms with Crippen molar-refractivity contribution in [1.82, 2.24) is 9.13 Å². The van der Waals surface area contributed by atoms with E-state index in [4.69, 9.17) is 9.98 Å². The Kier molecular flexibility index (Phi) is 7.48. The lowest BCUT2D eigenvalue weighted by Gasteiger charge is -2.12. The Hall–Kier alpha value is -6.78. The highest BCUT2D eigenvalue weighted by Gasteiger charge is 2.23. The summed E-state index contributed by atoms with van der Waals surface area (Å²) in [5.74, 6) is 0.629. The Balaban J connectivity index is 1.23. The van der Waals surface area contributed by atoms with Gasteiger partial charge in [0.15, 0.2) is 5.84 Å². The van der Waals surface area contributed by atoms with E-state index in [1.165, 1.54) is 43.6 Å². The molecular formula is C47H34N4. The van der Waals surface area contributed by atoms with E-state index in [9.17, 15) is 0 Å². The molecular weight excluding hydrogens is 621 g/mol. The number of benzene rings is 7. The maximum Gasteiger partial charge on any atom is 0.160 e. The summed E-state index contributed by atoms with van der Waals surface area (Å²) in [5, 5.41) is 4.86. The second-order valence-electron chi connectivity index (χ2n) is 12.8. The maximum absolute atomic E-state index is 5.09. The lowest BCUT2D eigenvalue weighted by Crippen LogP contribution is -2.04. The van der Waals surface area contributed by atoms with Gasteiger partial charge in [-0.05, 0) is 53.8 Å². The molecule has 0 amide bonds. The molecule has 4 nitrogen and oxygen atoms in total. The lowest BCUT2D eigenvalue weighted by molar-refractivity contribution is 1.18. The molecule has 0 atom stereocenters. The molecule has 4 heteroatoms. The van der Waals surface area contributed by atoms with Crippen molar-refractivity contribution in [1.29, 1.82) is 0 Å². The molecule has 0 saturated carbocycles. The number of nitrogens with zero attached hydrogens (tertiary/aromatic N) is 4. The number of aromatic nitrogens is 2. The predicted octanol–water partition coefficient (Wildman–Crippen LogP) is 11.8. The zero-order valence-electron chi connectivity index (χ0n) is 28.2. The molecule has 0 fully saturated rings. The standard InChI is InChI=1S/C47H34N4/c1-32(34-16-6-3-7-17-34)48-47(37-19-8-4-9-20-37)49-33(2)35-26-29-39(30-27-35)51-44-40-23-13-12-18-36(40)28-31-42(44)46-45(51)41-24-14-15-25-43(41)50(46)38-21-10-5-11-22-38/h3-31H,1H2,2H3. The van der Waals surface area contributed by atoms with Crippen molar-refractivity contribution in [2.45, 2.75) is 6.92 Å². The zero-order chi connectivity index (χ0) is 34.3. The largest absolute Gasteiger partial charge is 0.307 e. The van der Waals surface area contributed by atoms with Gasteiger partial charge in [-0.2, -0.15) is 0 Å². The average molecular weight is 655 g/mol. The number of aliphatic imine (C=N–C) groups is 2. The predicted molar refractivity (Wildman–Crippen MR) is 216 cm³/mol. The first kappa shape index (κ1) is 30.3. The number of fused-ring (bicyclic) bond motifs is 7. The van der Waals surface area contributed by atoms with Gasteiger partial charge in [0.1, 0.15) is 0 Å². The van der Waals surface area contributed by atoms with Crippen LogP contribution in [0.25, 0.3) is 60.7 Å². The van der Waals surface area contributed by atoms with Crippen LogP contribution in [0.5, 0.6) is 0 Å². The van der Waals surface area contributed by atoms with Crippen molar-refractivity contribution in [2.75, 3.05) is 0 Å². The van der Waals surface area contributed by atoms with E-state index in [2.05, 4.69) is 131 Å². The fraction of sp³-hybridized carbons (Fsp3) is 0.0213. The Morgan fingerprint density at radius 2 is 1.00 bits per heavy atom. The quantitative estimate of drug-likeness (QED) is 0.126. The second kappa shape index (κ2) is 12.6. The minimum atomic E-state index is 0.629. The van der Waals surface area contributed by atoms with Crippen LogP contribution in [-0.2, 0) is 0 Å². The summed E-state index contributed by atoms with van der Waals surface area (Å²) in [6, 6.07) is 61.5. The maximum atomic E-state index is 5.09. The van der Waals surface area contributed by atoms with Gasteiger partial charge in [0, 0.05) is 38.8 Å². The van der Waals surface area contributed by atoms with E-state index < -0.39 is 0 Å². The van der Waals surface area contributed by atoms with Crippen molar-refractivity contribution in [3.8, 4) is 11.4 Å². The summed E-state index contributed by atoms with van der Waals surface area (Å²) < 4.78 is 4.86. The first-order chi connectivity index (χ1) is 25.2. The fourth-order valence-electron chi connectivity index (χ4n) is 7.24. The fourth-order valence-corrected chi connectivity index (χ4v) is 7.24. The summed E-state index contributed by atoms with van der Waals surface area (Å²) in [6.07, 6.45) is 0. The Morgan fingerprint density at radius 1 is 0.431 bits per heavy atom. The summed E-state index contributed by atoms with van der Waals surface area (Å²) >= 11 is 0. The molecule has 0 aliphatic heterocycles. The van der Waals surface area contributed by atoms with E-state index in [0.717, 1.165) is 33.8 Å². The van der Waals surface area contributed by atoms with Crippen LogP contribution < -0.4 is 0 Å². The molecule has 0 unspecified atom stereocenters. The van der Waals surface area contributed by atoms with E-state index in [0.29, 0.717) is 11.5 Å². The van der Waals surface area contributed by atoms with Gasteiger partial charge in [-0.25, -0.2) is 9.98 Å². The molecule has 0 aliphatic rings. The molecule has 0 spiro atoms. The van der Waals surface area contributed by atoms with Gasteiger partial charge in [-0.15, -0.1) is 0 Å². The highest BCUT2D eigenvalue weighted by molar-refractivity contribution is 6.24. The van der Waals surface area contributed by atoms with E-state index in [1.54, 1.807) is 0 Å². The number of amidine groups is 1. The first-order valence-corrected chi connectivity index (χ1v) is 17.2. The van der Waals surface area contributed by atoms with Gasteiger partial charge in [0.2, 0.25) is 0 Å².